The smallest absolute Gasteiger partial charge is 0.252 e. The standard InChI is InChI=1S/C34H29Cl2F2N5O4/c35-24-11-14-26(28(36)17-24)31-34(18-22-5-1-2-6-23(22)19-41-43-39,33(45)40-20-27-29(37)7-3-8-30(27)38)42-32(47-31)21-9-12-25(13-10-21)46-16-4-15-44/h1-3,5-14,17,31,44H,4,15-16,18-20H2,(H,40,45)/t31-,34-/m1/s1. The molecule has 5 rings (SSSR count). The first kappa shape index (κ1) is 33.7. The van der Waals surface area contributed by atoms with E-state index in [0.717, 1.165) is 12.1 Å². The Morgan fingerprint density at radius 1 is 1.04 bits per heavy atom. The fourth-order valence-corrected chi connectivity index (χ4v) is 5.79. The predicted octanol–water partition coefficient (Wildman–Crippen LogP) is 7.66. The second-order valence-corrected chi connectivity index (χ2v) is 11.5. The number of carbonyl (C=O) groups is 1. The summed E-state index contributed by atoms with van der Waals surface area (Å²) in [5.74, 6) is -1.65. The first-order valence-electron chi connectivity index (χ1n) is 14.6. The summed E-state index contributed by atoms with van der Waals surface area (Å²) in [5.41, 5.74) is 9.10. The lowest BCUT2D eigenvalue weighted by Gasteiger charge is -2.32. The number of azide groups is 1. The summed E-state index contributed by atoms with van der Waals surface area (Å²) in [4.78, 5) is 22.3. The highest BCUT2D eigenvalue weighted by atomic mass is 35.5. The molecule has 47 heavy (non-hydrogen) atoms. The van der Waals surface area contributed by atoms with E-state index >= 15 is 0 Å². The molecule has 4 aromatic carbocycles. The summed E-state index contributed by atoms with van der Waals surface area (Å²) in [6.45, 7) is -0.139. The number of hydrogen-bond donors (Lipinski definition) is 2. The predicted molar refractivity (Wildman–Crippen MR) is 174 cm³/mol. The minimum atomic E-state index is -1.77. The fraction of sp³-hybridized carbons (Fsp3) is 0.235. The first-order valence-corrected chi connectivity index (χ1v) is 15.4. The number of rotatable bonds is 13. The third-order valence-corrected chi connectivity index (χ3v) is 8.21. The van der Waals surface area contributed by atoms with Crippen molar-refractivity contribution in [3.63, 3.8) is 0 Å². The second kappa shape index (κ2) is 15.3. The summed E-state index contributed by atoms with van der Waals surface area (Å²) >= 11 is 12.9. The topological polar surface area (TPSA) is 129 Å². The van der Waals surface area contributed by atoms with Gasteiger partial charge in [0.25, 0.3) is 5.91 Å². The van der Waals surface area contributed by atoms with Crippen LogP contribution in [0.3, 0.4) is 0 Å². The van der Waals surface area contributed by atoms with E-state index in [1.165, 1.54) is 12.1 Å². The molecule has 0 spiro atoms. The summed E-state index contributed by atoms with van der Waals surface area (Å²) in [6.07, 6.45) is -0.720. The molecule has 0 bridgehead atoms. The van der Waals surface area contributed by atoms with Gasteiger partial charge in [0.1, 0.15) is 17.4 Å². The Labute approximate surface area is 279 Å². The Morgan fingerprint density at radius 3 is 2.45 bits per heavy atom. The molecule has 0 radical (unpaired) electrons. The molecular weight excluding hydrogens is 651 g/mol. The van der Waals surface area contributed by atoms with Gasteiger partial charge in [0.2, 0.25) is 5.90 Å². The van der Waals surface area contributed by atoms with Gasteiger partial charge in [-0.25, -0.2) is 13.8 Å². The van der Waals surface area contributed by atoms with Crippen molar-refractivity contribution in [1.29, 1.82) is 0 Å². The van der Waals surface area contributed by atoms with Crippen molar-refractivity contribution >= 4 is 35.0 Å². The van der Waals surface area contributed by atoms with Crippen LogP contribution in [0.25, 0.3) is 10.4 Å². The van der Waals surface area contributed by atoms with Gasteiger partial charge in [0, 0.05) is 57.6 Å². The van der Waals surface area contributed by atoms with Crippen LogP contribution in [0.4, 0.5) is 8.78 Å². The molecule has 0 saturated heterocycles. The number of aliphatic hydroxyl groups excluding tert-OH is 1. The molecule has 242 valence electrons. The van der Waals surface area contributed by atoms with Gasteiger partial charge in [-0.2, -0.15) is 0 Å². The number of aliphatic hydroxyl groups is 1. The second-order valence-electron chi connectivity index (χ2n) is 10.7. The molecule has 2 atom stereocenters. The van der Waals surface area contributed by atoms with E-state index in [2.05, 4.69) is 15.3 Å². The van der Waals surface area contributed by atoms with Gasteiger partial charge in [-0.1, -0.05) is 64.7 Å². The maximum absolute atomic E-state index is 14.6. The number of nitrogens with one attached hydrogen (secondary N) is 1. The van der Waals surface area contributed by atoms with Gasteiger partial charge in [-0.15, -0.1) is 0 Å². The molecule has 0 aliphatic carbocycles. The fourth-order valence-electron chi connectivity index (χ4n) is 5.28. The number of amides is 1. The molecule has 2 N–H and O–H groups in total. The van der Waals surface area contributed by atoms with Gasteiger partial charge in [-0.05, 0) is 65.2 Å². The summed E-state index contributed by atoms with van der Waals surface area (Å²) < 4.78 is 41.3. The number of carbonyl (C=O) groups excluding carboxylic acids is 1. The van der Waals surface area contributed by atoms with E-state index in [4.69, 9.17) is 48.3 Å². The number of benzene rings is 4. The SMILES string of the molecule is [N-]=[N+]=NCc1ccccc1C[C@@]1(C(=O)NCc2c(F)cccc2F)N=C(c2ccc(OCCCO)cc2)O[C@@H]1c1ccc(Cl)cc1Cl. The summed E-state index contributed by atoms with van der Waals surface area (Å²) in [5, 5.41) is 16.0. The van der Waals surface area contributed by atoms with Crippen LogP contribution < -0.4 is 10.1 Å². The molecule has 4 aromatic rings. The van der Waals surface area contributed by atoms with E-state index in [9.17, 15) is 13.6 Å². The lowest BCUT2D eigenvalue weighted by atomic mass is 9.80. The number of halogens is 4. The Morgan fingerprint density at radius 2 is 1.77 bits per heavy atom. The Hall–Kier alpha value is -4.67. The van der Waals surface area contributed by atoms with Crippen molar-refractivity contribution in [3.8, 4) is 5.75 Å². The van der Waals surface area contributed by atoms with Crippen LogP contribution >= 0.6 is 23.2 Å². The molecule has 13 heteroatoms. The third-order valence-electron chi connectivity index (χ3n) is 7.64. The third kappa shape index (κ3) is 7.66. The quantitative estimate of drug-likeness (QED) is 0.0650. The molecule has 1 aliphatic heterocycles. The number of nitrogens with zero attached hydrogens (tertiary/aromatic N) is 4. The molecular formula is C34H29Cl2F2N5O4. The van der Waals surface area contributed by atoms with Crippen molar-refractivity contribution in [3.05, 3.63) is 145 Å². The Balaban J connectivity index is 1.63. The van der Waals surface area contributed by atoms with E-state index in [-0.39, 0.29) is 36.1 Å². The maximum Gasteiger partial charge on any atom is 0.252 e. The molecule has 0 saturated carbocycles. The van der Waals surface area contributed by atoms with Gasteiger partial charge >= 0.3 is 0 Å². The lowest BCUT2D eigenvalue weighted by Crippen LogP contribution is -2.50. The first-order chi connectivity index (χ1) is 22.8. The highest BCUT2D eigenvalue weighted by Crippen LogP contribution is 2.45. The number of aliphatic imine (C=N–C) groups is 1. The maximum atomic E-state index is 14.6. The van der Waals surface area contributed by atoms with E-state index in [1.54, 1.807) is 60.7 Å². The van der Waals surface area contributed by atoms with E-state index in [1.807, 2.05) is 0 Å². The van der Waals surface area contributed by atoms with Crippen molar-refractivity contribution in [1.82, 2.24) is 5.32 Å². The van der Waals surface area contributed by atoms with Crippen molar-refractivity contribution in [2.45, 2.75) is 37.6 Å². The van der Waals surface area contributed by atoms with Crippen molar-refractivity contribution in [2.75, 3.05) is 13.2 Å². The van der Waals surface area contributed by atoms with Crippen LogP contribution in [0.1, 0.15) is 40.3 Å². The number of ether oxygens (including phenoxy) is 2. The molecule has 1 amide bonds. The Bertz CT molecular complexity index is 1820. The van der Waals surface area contributed by atoms with Crippen molar-refractivity contribution < 1.29 is 28.2 Å². The highest BCUT2D eigenvalue weighted by Gasteiger charge is 2.54. The molecule has 0 aromatic heterocycles. The normalized spacial score (nSPS) is 17.0. The van der Waals surface area contributed by atoms with Crippen LogP contribution in [0.2, 0.25) is 10.0 Å². The molecule has 1 heterocycles. The van der Waals surface area contributed by atoms with Crippen LogP contribution in [0.5, 0.6) is 5.75 Å². The minimum Gasteiger partial charge on any atom is -0.494 e. The highest BCUT2D eigenvalue weighted by molar-refractivity contribution is 6.35. The van der Waals surface area contributed by atoms with Gasteiger partial charge in [0.05, 0.1) is 13.2 Å². The average molecular weight is 681 g/mol. The van der Waals surface area contributed by atoms with Crippen LogP contribution in [-0.2, 0) is 29.0 Å². The van der Waals surface area contributed by atoms with E-state index in [0.29, 0.717) is 46.1 Å². The minimum absolute atomic E-state index is 0.00291. The van der Waals surface area contributed by atoms with E-state index < -0.39 is 35.7 Å². The molecule has 0 unspecified atom stereocenters. The van der Waals surface area contributed by atoms with Crippen LogP contribution in [0, 0.1) is 11.6 Å². The number of hydrogen-bond acceptors (Lipinski definition) is 6. The summed E-state index contributed by atoms with van der Waals surface area (Å²) in [7, 11) is 0. The zero-order valence-electron chi connectivity index (χ0n) is 24.9. The average Bonchev–Trinajstić information content (AvgIpc) is 3.44. The largest absolute Gasteiger partial charge is 0.494 e. The Kier molecular flexibility index (Phi) is 11.0. The van der Waals surface area contributed by atoms with Crippen molar-refractivity contribution in [2.24, 2.45) is 10.1 Å². The van der Waals surface area contributed by atoms with Gasteiger partial charge < -0.3 is 19.9 Å². The lowest BCUT2D eigenvalue weighted by molar-refractivity contribution is -0.129. The van der Waals surface area contributed by atoms with Crippen LogP contribution in [-0.4, -0.2) is 35.7 Å². The monoisotopic (exact) mass is 679 g/mol. The molecule has 0 fully saturated rings. The van der Waals surface area contributed by atoms with Gasteiger partial charge in [-0.3, -0.25) is 4.79 Å². The zero-order valence-corrected chi connectivity index (χ0v) is 26.4. The molecule has 1 aliphatic rings. The molecule has 9 nitrogen and oxygen atoms in total. The zero-order chi connectivity index (χ0) is 33.4. The van der Waals surface area contributed by atoms with Gasteiger partial charge in [0.15, 0.2) is 11.6 Å². The summed E-state index contributed by atoms with van der Waals surface area (Å²) in [6, 6.07) is 22.1. The van der Waals surface area contributed by atoms with Crippen LogP contribution in [0.15, 0.2) is 95.0 Å².